The van der Waals surface area contributed by atoms with E-state index in [0.717, 1.165) is 6.42 Å². The molecule has 2 heteroatoms. The zero-order chi connectivity index (χ0) is 14.1. The maximum atomic E-state index is 10.6. The average Bonchev–Trinajstić information content (AvgIpc) is 2.41. The van der Waals surface area contributed by atoms with Gasteiger partial charge in [-0.2, -0.15) is 0 Å². The van der Waals surface area contributed by atoms with Gasteiger partial charge in [0.2, 0.25) is 5.91 Å². The van der Waals surface area contributed by atoms with Gasteiger partial charge in [0.05, 0.1) is 0 Å². The van der Waals surface area contributed by atoms with Crippen LogP contribution in [-0.4, -0.2) is 5.91 Å². The van der Waals surface area contributed by atoms with Crippen molar-refractivity contribution in [2.75, 3.05) is 0 Å². The number of aryl methyl sites for hydroxylation is 1. The minimum absolute atomic E-state index is 0.330. The molecule has 2 nitrogen and oxygen atoms in total. The van der Waals surface area contributed by atoms with E-state index in [9.17, 15) is 4.79 Å². The fraction of sp³-hybridized carbons (Fsp3) is 0.353. The highest BCUT2D eigenvalue weighted by molar-refractivity contribution is 5.94. The second-order valence-corrected chi connectivity index (χ2v) is 4.83. The molecule has 1 aliphatic carbocycles. The van der Waals surface area contributed by atoms with E-state index in [4.69, 9.17) is 5.73 Å². The third-order valence-electron chi connectivity index (χ3n) is 2.98. The summed E-state index contributed by atoms with van der Waals surface area (Å²) in [5.41, 5.74) is 7.14. The van der Waals surface area contributed by atoms with E-state index in [2.05, 4.69) is 44.2 Å². The second-order valence-electron chi connectivity index (χ2n) is 4.83. The fourth-order valence-electron chi connectivity index (χ4n) is 1.84. The molecule has 2 N–H and O–H groups in total. The molecule has 0 saturated carbocycles. The summed E-state index contributed by atoms with van der Waals surface area (Å²) in [6.45, 7) is 4.30. The van der Waals surface area contributed by atoms with Gasteiger partial charge in [-0.15, -0.1) is 0 Å². The number of hydrogen-bond acceptors (Lipinski definition) is 1. The maximum absolute atomic E-state index is 10.6. The standard InChI is InChI=1S/C9H12.C8H11NO/c1-2-6-9-7-4-3-5-8-9;1-6-2-4-7(5-3-6)8(9)10/h3-5,7-8H,2,6H2,1H3;2,4-6H,3H2,1H3,(H2,9,10). The lowest BCUT2D eigenvalue weighted by molar-refractivity contribution is -0.114. The average molecular weight is 257 g/mol. The number of primary amides is 1. The third-order valence-corrected chi connectivity index (χ3v) is 2.98. The van der Waals surface area contributed by atoms with Gasteiger partial charge < -0.3 is 5.73 Å². The number of benzene rings is 1. The van der Waals surface area contributed by atoms with E-state index >= 15 is 0 Å². The smallest absolute Gasteiger partial charge is 0.248 e. The molecule has 102 valence electrons. The van der Waals surface area contributed by atoms with E-state index in [0.29, 0.717) is 11.5 Å². The summed E-state index contributed by atoms with van der Waals surface area (Å²) in [5, 5.41) is 0. The summed E-state index contributed by atoms with van der Waals surface area (Å²) in [6, 6.07) is 10.6. The van der Waals surface area contributed by atoms with Crippen LogP contribution in [0, 0.1) is 5.92 Å². The normalized spacial score (nSPS) is 17.2. The number of allylic oxidation sites excluding steroid dienone is 2. The highest BCUT2D eigenvalue weighted by Crippen LogP contribution is 2.14. The molecule has 1 aromatic rings. The third kappa shape index (κ3) is 6.05. The predicted octanol–water partition coefficient (Wildman–Crippen LogP) is 3.63. The monoisotopic (exact) mass is 257 g/mol. The first-order valence-electron chi connectivity index (χ1n) is 6.85. The number of carbonyl (C=O) groups is 1. The molecule has 0 bridgehead atoms. The fourth-order valence-corrected chi connectivity index (χ4v) is 1.84. The molecule has 0 fully saturated rings. The lowest BCUT2D eigenvalue weighted by Crippen LogP contribution is -2.14. The number of carbonyl (C=O) groups excluding carboxylic acids is 1. The Labute approximate surface area is 116 Å². The molecule has 2 rings (SSSR count). The van der Waals surface area contributed by atoms with Gasteiger partial charge in [0.15, 0.2) is 0 Å². The van der Waals surface area contributed by atoms with Crippen LogP contribution in [0.5, 0.6) is 0 Å². The topological polar surface area (TPSA) is 43.1 Å². The van der Waals surface area contributed by atoms with Crippen LogP contribution in [0.3, 0.4) is 0 Å². The van der Waals surface area contributed by atoms with Crippen molar-refractivity contribution in [3.63, 3.8) is 0 Å². The Kier molecular flexibility index (Phi) is 6.65. The van der Waals surface area contributed by atoms with Crippen molar-refractivity contribution in [1.29, 1.82) is 0 Å². The van der Waals surface area contributed by atoms with E-state index in [-0.39, 0.29) is 5.91 Å². The minimum Gasteiger partial charge on any atom is -0.366 e. The molecular formula is C17H23NO. The lowest BCUT2D eigenvalue weighted by Gasteiger charge is -2.08. The van der Waals surface area contributed by atoms with Crippen molar-refractivity contribution in [1.82, 2.24) is 0 Å². The first-order chi connectivity index (χ1) is 9.13. The Hall–Kier alpha value is -1.83. The quantitative estimate of drug-likeness (QED) is 0.882. The van der Waals surface area contributed by atoms with Crippen molar-refractivity contribution in [2.45, 2.75) is 33.1 Å². The first-order valence-corrected chi connectivity index (χ1v) is 6.85. The Morgan fingerprint density at radius 2 is 2.00 bits per heavy atom. The SMILES string of the molecule is CC1C=CC(C(N)=O)=CC1.CCCc1ccccc1. The lowest BCUT2D eigenvalue weighted by atomic mass is 9.98. The van der Waals surface area contributed by atoms with E-state index in [1.54, 1.807) is 6.08 Å². The minimum atomic E-state index is -0.330. The molecule has 1 unspecified atom stereocenters. The number of nitrogens with two attached hydrogens (primary N) is 1. The Morgan fingerprint density at radius 3 is 2.47 bits per heavy atom. The summed E-state index contributed by atoms with van der Waals surface area (Å²) in [4.78, 5) is 10.6. The molecule has 1 atom stereocenters. The van der Waals surface area contributed by atoms with Crippen LogP contribution in [-0.2, 0) is 11.2 Å². The van der Waals surface area contributed by atoms with Gasteiger partial charge in [-0.05, 0) is 24.3 Å². The van der Waals surface area contributed by atoms with Gasteiger partial charge in [-0.1, -0.05) is 68.8 Å². The van der Waals surface area contributed by atoms with Crippen molar-refractivity contribution in [3.05, 3.63) is 59.7 Å². The molecule has 0 aromatic heterocycles. The highest BCUT2D eigenvalue weighted by Gasteiger charge is 2.06. The zero-order valence-electron chi connectivity index (χ0n) is 11.8. The summed E-state index contributed by atoms with van der Waals surface area (Å²) >= 11 is 0. The van der Waals surface area contributed by atoms with Crippen LogP contribution in [0.1, 0.15) is 32.3 Å². The van der Waals surface area contributed by atoms with Crippen LogP contribution in [0.4, 0.5) is 0 Å². The van der Waals surface area contributed by atoms with Crippen LogP contribution in [0.25, 0.3) is 0 Å². The summed E-state index contributed by atoms with van der Waals surface area (Å²) in [6.07, 6.45) is 9.04. The molecule has 1 amide bonds. The van der Waals surface area contributed by atoms with Crippen LogP contribution in [0.15, 0.2) is 54.1 Å². The van der Waals surface area contributed by atoms with Crippen LogP contribution < -0.4 is 5.73 Å². The summed E-state index contributed by atoms with van der Waals surface area (Å²) < 4.78 is 0. The van der Waals surface area contributed by atoms with Gasteiger partial charge in [0.25, 0.3) is 0 Å². The Bertz CT molecular complexity index is 446. The molecule has 0 heterocycles. The molecule has 1 aromatic carbocycles. The molecular weight excluding hydrogens is 234 g/mol. The summed E-state index contributed by atoms with van der Waals surface area (Å²) in [5.74, 6) is 0.214. The van der Waals surface area contributed by atoms with Crippen molar-refractivity contribution < 1.29 is 4.79 Å². The molecule has 0 spiro atoms. The van der Waals surface area contributed by atoms with Crippen molar-refractivity contribution >= 4 is 5.91 Å². The van der Waals surface area contributed by atoms with Crippen molar-refractivity contribution in [3.8, 4) is 0 Å². The van der Waals surface area contributed by atoms with Gasteiger partial charge >= 0.3 is 0 Å². The highest BCUT2D eigenvalue weighted by atomic mass is 16.1. The Balaban J connectivity index is 0.000000191. The van der Waals surface area contributed by atoms with E-state index < -0.39 is 0 Å². The number of hydrogen-bond donors (Lipinski definition) is 1. The van der Waals surface area contributed by atoms with Gasteiger partial charge in [0, 0.05) is 5.57 Å². The second kappa shape index (κ2) is 8.30. The Morgan fingerprint density at radius 1 is 1.32 bits per heavy atom. The predicted molar refractivity (Wildman–Crippen MR) is 80.6 cm³/mol. The number of amides is 1. The van der Waals surface area contributed by atoms with Crippen molar-refractivity contribution in [2.24, 2.45) is 11.7 Å². The molecule has 1 aliphatic rings. The maximum Gasteiger partial charge on any atom is 0.248 e. The molecule has 0 saturated heterocycles. The molecule has 0 aliphatic heterocycles. The number of rotatable bonds is 3. The summed E-state index contributed by atoms with van der Waals surface area (Å²) in [7, 11) is 0. The molecule has 19 heavy (non-hydrogen) atoms. The van der Waals surface area contributed by atoms with E-state index in [1.807, 2.05) is 12.2 Å². The molecule has 0 radical (unpaired) electrons. The van der Waals surface area contributed by atoms with Crippen LogP contribution >= 0.6 is 0 Å². The first kappa shape index (κ1) is 15.2. The van der Waals surface area contributed by atoms with E-state index in [1.165, 1.54) is 18.4 Å². The largest absolute Gasteiger partial charge is 0.366 e. The van der Waals surface area contributed by atoms with Gasteiger partial charge in [0.1, 0.15) is 0 Å². The zero-order valence-corrected chi connectivity index (χ0v) is 11.8. The van der Waals surface area contributed by atoms with Gasteiger partial charge in [-0.3, -0.25) is 4.79 Å². The van der Waals surface area contributed by atoms with Crippen LogP contribution in [0.2, 0.25) is 0 Å². The van der Waals surface area contributed by atoms with Gasteiger partial charge in [-0.25, -0.2) is 0 Å².